The van der Waals surface area contributed by atoms with Gasteiger partial charge in [0.05, 0.1) is 16.5 Å². The van der Waals surface area contributed by atoms with Crippen molar-refractivity contribution in [1.82, 2.24) is 4.98 Å². The zero-order valence-electron chi connectivity index (χ0n) is 8.43. The predicted octanol–water partition coefficient (Wildman–Crippen LogP) is 3.43. The lowest BCUT2D eigenvalue weighted by atomic mass is 10.1. The van der Waals surface area contributed by atoms with Crippen LogP contribution in [0.5, 0.6) is 0 Å². The second kappa shape index (κ2) is 5.17. The topological polar surface area (TPSA) is 50.2 Å². The fourth-order valence-corrected chi connectivity index (χ4v) is 2.05. The van der Waals surface area contributed by atoms with Gasteiger partial charge in [0.15, 0.2) is 0 Å². The van der Waals surface area contributed by atoms with Crippen molar-refractivity contribution in [2.24, 2.45) is 0 Å². The van der Waals surface area contributed by atoms with E-state index in [2.05, 4.69) is 20.9 Å². The van der Waals surface area contributed by atoms with E-state index in [0.717, 1.165) is 0 Å². The van der Waals surface area contributed by atoms with Crippen molar-refractivity contribution >= 4 is 21.9 Å². The summed E-state index contributed by atoms with van der Waals surface area (Å²) in [7, 11) is 0. The molecule has 9 heteroatoms. The van der Waals surface area contributed by atoms with Crippen LogP contribution in [0.15, 0.2) is 10.7 Å². The Labute approximate surface area is 106 Å². The lowest BCUT2D eigenvalue weighted by Gasteiger charge is -2.15. The Bertz CT molecular complexity index is 475. The van der Waals surface area contributed by atoms with Crippen molar-refractivity contribution in [3.63, 3.8) is 0 Å². The molecule has 0 atom stereocenters. The third kappa shape index (κ3) is 3.15. The van der Waals surface area contributed by atoms with Crippen LogP contribution in [0, 0.1) is 0 Å². The first kappa shape index (κ1) is 14.8. The fraction of sp³-hybridized carbons (Fsp3) is 0.333. The van der Waals surface area contributed by atoms with Gasteiger partial charge in [0.2, 0.25) is 0 Å². The van der Waals surface area contributed by atoms with Crippen molar-refractivity contribution in [2.45, 2.75) is 19.0 Å². The van der Waals surface area contributed by atoms with Gasteiger partial charge >= 0.3 is 12.1 Å². The molecule has 1 aromatic heterocycles. The van der Waals surface area contributed by atoms with Crippen LogP contribution in [0.3, 0.4) is 0 Å². The van der Waals surface area contributed by atoms with E-state index in [1.807, 2.05) is 0 Å². The number of aromatic nitrogens is 1. The number of carboxylic acids is 1. The highest BCUT2D eigenvalue weighted by atomic mass is 79.9. The minimum atomic E-state index is -4.95. The number of hydrogen-bond acceptors (Lipinski definition) is 2. The number of aliphatic carboxylic acids is 1. The van der Waals surface area contributed by atoms with Crippen LogP contribution in [-0.2, 0) is 17.4 Å². The molecular weight excluding hydrogens is 329 g/mol. The molecule has 0 aromatic carbocycles. The van der Waals surface area contributed by atoms with Crippen LogP contribution in [0.4, 0.5) is 22.0 Å². The Morgan fingerprint density at radius 1 is 1.44 bits per heavy atom. The van der Waals surface area contributed by atoms with Gasteiger partial charge in [0.1, 0.15) is 5.69 Å². The van der Waals surface area contributed by atoms with Crippen LogP contribution in [-0.4, -0.2) is 16.1 Å². The smallest absolute Gasteiger partial charge is 0.417 e. The van der Waals surface area contributed by atoms with E-state index in [1.165, 1.54) is 0 Å². The summed E-state index contributed by atoms with van der Waals surface area (Å²) in [5.41, 5.74) is -3.18. The van der Waals surface area contributed by atoms with Crippen LogP contribution in [0.2, 0.25) is 0 Å². The van der Waals surface area contributed by atoms with Crippen molar-refractivity contribution in [2.75, 3.05) is 0 Å². The lowest BCUT2D eigenvalue weighted by molar-refractivity contribution is -0.140. The van der Waals surface area contributed by atoms with Gasteiger partial charge in [-0.3, -0.25) is 9.78 Å². The zero-order chi connectivity index (χ0) is 14.1. The SMILES string of the molecule is O=C(O)Cc1cnc(C(F)F)c(Br)c1C(F)(F)F. The number of pyridine rings is 1. The van der Waals surface area contributed by atoms with Crippen molar-refractivity contribution in [3.8, 4) is 0 Å². The van der Waals surface area contributed by atoms with Crippen molar-refractivity contribution < 1.29 is 31.9 Å². The van der Waals surface area contributed by atoms with E-state index in [-0.39, 0.29) is 0 Å². The number of rotatable bonds is 3. The quantitative estimate of drug-likeness (QED) is 0.862. The minimum Gasteiger partial charge on any atom is -0.481 e. The summed E-state index contributed by atoms with van der Waals surface area (Å²) >= 11 is 2.40. The van der Waals surface area contributed by atoms with Gasteiger partial charge < -0.3 is 5.11 Å². The Hall–Kier alpha value is -1.25. The molecule has 1 N–H and O–H groups in total. The molecule has 0 aliphatic carbocycles. The first-order valence-electron chi connectivity index (χ1n) is 4.39. The predicted molar refractivity (Wildman–Crippen MR) is 53.2 cm³/mol. The molecule has 0 fully saturated rings. The monoisotopic (exact) mass is 333 g/mol. The summed E-state index contributed by atoms with van der Waals surface area (Å²) in [5.74, 6) is -1.51. The van der Waals surface area contributed by atoms with Gasteiger partial charge in [0.25, 0.3) is 6.43 Å². The molecule has 0 saturated heterocycles. The highest BCUT2D eigenvalue weighted by molar-refractivity contribution is 9.10. The van der Waals surface area contributed by atoms with Crippen LogP contribution < -0.4 is 0 Å². The van der Waals surface area contributed by atoms with E-state index < -0.39 is 46.3 Å². The largest absolute Gasteiger partial charge is 0.481 e. The molecule has 1 rings (SSSR count). The molecule has 1 aromatic rings. The first-order chi connectivity index (χ1) is 8.14. The number of halogens is 6. The molecule has 0 amide bonds. The molecule has 0 unspecified atom stereocenters. The summed E-state index contributed by atoms with van der Waals surface area (Å²) in [6.45, 7) is 0. The maximum atomic E-state index is 12.7. The van der Waals surface area contributed by atoms with Crippen LogP contribution >= 0.6 is 15.9 Å². The Balaban J connectivity index is 3.47. The second-order valence-electron chi connectivity index (χ2n) is 3.23. The summed E-state index contributed by atoms with van der Waals surface area (Å²) in [6, 6.07) is 0. The molecule has 18 heavy (non-hydrogen) atoms. The molecule has 1 heterocycles. The average Bonchev–Trinajstić information content (AvgIpc) is 2.13. The van der Waals surface area contributed by atoms with Crippen molar-refractivity contribution in [1.29, 1.82) is 0 Å². The second-order valence-corrected chi connectivity index (χ2v) is 4.02. The average molecular weight is 334 g/mol. The summed E-state index contributed by atoms with van der Waals surface area (Å²) in [4.78, 5) is 13.6. The van der Waals surface area contributed by atoms with Gasteiger partial charge in [-0.15, -0.1) is 0 Å². The molecule has 0 saturated carbocycles. The van der Waals surface area contributed by atoms with Crippen molar-refractivity contribution in [3.05, 3.63) is 27.5 Å². The van der Waals surface area contributed by atoms with Gasteiger partial charge in [0, 0.05) is 6.20 Å². The highest BCUT2D eigenvalue weighted by Gasteiger charge is 2.38. The molecular formula is C9H5BrF5NO2. The van der Waals surface area contributed by atoms with E-state index in [1.54, 1.807) is 0 Å². The minimum absolute atomic E-state index is 0.503. The Morgan fingerprint density at radius 2 is 2.00 bits per heavy atom. The van der Waals surface area contributed by atoms with E-state index in [4.69, 9.17) is 5.11 Å². The van der Waals surface area contributed by atoms with E-state index in [9.17, 15) is 26.7 Å². The first-order valence-corrected chi connectivity index (χ1v) is 5.18. The molecule has 0 radical (unpaired) electrons. The normalized spacial score (nSPS) is 11.9. The number of carboxylic acid groups (broad SMARTS) is 1. The maximum Gasteiger partial charge on any atom is 0.417 e. The summed E-state index contributed by atoms with van der Waals surface area (Å²) in [5, 5.41) is 8.47. The maximum absolute atomic E-state index is 12.7. The number of alkyl halides is 5. The molecule has 100 valence electrons. The van der Waals surface area contributed by atoms with Gasteiger partial charge in [-0.05, 0) is 21.5 Å². The number of nitrogens with zero attached hydrogens (tertiary/aromatic N) is 1. The van der Waals surface area contributed by atoms with Crippen LogP contribution in [0.25, 0.3) is 0 Å². The number of carbonyl (C=O) groups is 1. The molecule has 0 aliphatic rings. The summed E-state index contributed by atoms with van der Waals surface area (Å²) in [6.07, 6.45) is -8.59. The van der Waals surface area contributed by atoms with Gasteiger partial charge in [-0.1, -0.05) is 0 Å². The molecule has 0 bridgehead atoms. The highest BCUT2D eigenvalue weighted by Crippen LogP contribution is 2.40. The molecule has 0 spiro atoms. The van der Waals surface area contributed by atoms with Gasteiger partial charge in [-0.25, -0.2) is 8.78 Å². The molecule has 3 nitrogen and oxygen atoms in total. The van der Waals surface area contributed by atoms with E-state index >= 15 is 0 Å². The fourth-order valence-electron chi connectivity index (χ4n) is 1.29. The zero-order valence-corrected chi connectivity index (χ0v) is 10.0. The van der Waals surface area contributed by atoms with Crippen LogP contribution in [0.1, 0.15) is 23.2 Å². The number of hydrogen-bond donors (Lipinski definition) is 1. The van der Waals surface area contributed by atoms with Gasteiger partial charge in [-0.2, -0.15) is 13.2 Å². The Morgan fingerprint density at radius 3 is 2.39 bits per heavy atom. The summed E-state index contributed by atoms with van der Waals surface area (Å²) < 4.78 is 62.0. The Kier molecular flexibility index (Phi) is 4.25. The third-order valence-electron chi connectivity index (χ3n) is 1.96. The standard InChI is InChI=1S/C9H5BrF5NO2/c10-6-5(9(13,14)15)3(1-4(17)18)2-16-7(6)8(11)12/h2,8H,1H2,(H,17,18). The molecule has 0 aliphatic heterocycles. The lowest BCUT2D eigenvalue weighted by Crippen LogP contribution is -2.15. The third-order valence-corrected chi connectivity index (χ3v) is 2.76. The van der Waals surface area contributed by atoms with E-state index in [0.29, 0.717) is 6.20 Å².